The Hall–Kier alpha value is -3.68. The Bertz CT molecular complexity index is 908. The molecule has 29 heavy (non-hydrogen) atoms. The molecule has 0 fully saturated rings. The second-order valence-electron chi connectivity index (χ2n) is 5.36. The van der Waals surface area contributed by atoms with Crippen LogP contribution in [0.5, 0.6) is 0 Å². The van der Waals surface area contributed by atoms with Crippen LogP contribution in [0.1, 0.15) is 31.1 Å². The molecule has 0 saturated carbocycles. The summed E-state index contributed by atoms with van der Waals surface area (Å²) in [5, 5.41) is 8.41. The second-order valence-corrected chi connectivity index (χ2v) is 5.80. The lowest BCUT2D eigenvalue weighted by Crippen LogP contribution is -2.11. The monoisotopic (exact) mass is 414 g/mol. The maximum Gasteiger partial charge on any atom is 0.386 e. The van der Waals surface area contributed by atoms with Crippen molar-refractivity contribution >= 4 is 29.5 Å². The predicted molar refractivity (Wildman–Crippen MR) is 103 cm³/mol. The highest BCUT2D eigenvalue weighted by atomic mass is 35.5. The molecule has 148 valence electrons. The van der Waals surface area contributed by atoms with E-state index < -0.39 is 17.9 Å². The van der Waals surface area contributed by atoms with Crippen molar-refractivity contribution in [1.82, 2.24) is 0 Å². The summed E-state index contributed by atoms with van der Waals surface area (Å²) in [5.74, 6) is -2.23. The van der Waals surface area contributed by atoms with E-state index in [1.165, 1.54) is 12.1 Å². The molecule has 3 aromatic carbocycles. The molecular weight excluding hydrogens is 400 g/mol. The van der Waals surface area contributed by atoms with Crippen LogP contribution >= 0.6 is 11.6 Å². The number of hydrogen-bond donors (Lipinski definition) is 1. The van der Waals surface area contributed by atoms with Crippen molar-refractivity contribution in [2.75, 3.05) is 0 Å². The maximum atomic E-state index is 11.5. The van der Waals surface area contributed by atoms with Gasteiger partial charge in [-0.1, -0.05) is 54.1 Å². The highest BCUT2D eigenvalue weighted by Crippen LogP contribution is 2.11. The molecule has 0 spiro atoms. The van der Waals surface area contributed by atoms with Crippen LogP contribution in [0.15, 0.2) is 84.9 Å². The zero-order valence-electron chi connectivity index (χ0n) is 14.9. The van der Waals surface area contributed by atoms with Crippen LogP contribution < -0.4 is 0 Å². The fourth-order valence-electron chi connectivity index (χ4n) is 1.99. The Morgan fingerprint density at radius 2 is 1.07 bits per heavy atom. The molecule has 0 bridgehead atoms. The SMILES string of the molecule is O=C(OO)c1cccc(Cl)c1.O=C(OOC(=O)c1ccccc1)c1ccccc1. The first-order chi connectivity index (χ1) is 14.0. The highest BCUT2D eigenvalue weighted by Gasteiger charge is 2.13. The van der Waals surface area contributed by atoms with Gasteiger partial charge in [0.25, 0.3) is 0 Å². The Morgan fingerprint density at radius 3 is 1.48 bits per heavy atom. The summed E-state index contributed by atoms with van der Waals surface area (Å²) < 4.78 is 0. The van der Waals surface area contributed by atoms with Crippen molar-refractivity contribution in [3.8, 4) is 0 Å². The molecule has 8 heteroatoms. The van der Waals surface area contributed by atoms with Crippen LogP contribution in [-0.2, 0) is 14.7 Å². The quantitative estimate of drug-likeness (QED) is 0.494. The number of carbonyl (C=O) groups excluding carboxylic acids is 3. The lowest BCUT2D eigenvalue weighted by molar-refractivity contribution is -0.187. The number of benzene rings is 3. The lowest BCUT2D eigenvalue weighted by Gasteiger charge is -2.02. The summed E-state index contributed by atoms with van der Waals surface area (Å²) in [4.78, 5) is 46.0. The van der Waals surface area contributed by atoms with E-state index in [0.717, 1.165) is 0 Å². The average Bonchev–Trinajstić information content (AvgIpc) is 2.78. The minimum atomic E-state index is -0.813. The third kappa shape index (κ3) is 7.10. The number of halogens is 1. The van der Waals surface area contributed by atoms with Crippen LogP contribution in [0.25, 0.3) is 0 Å². The maximum absolute atomic E-state index is 11.5. The second kappa shape index (κ2) is 11.2. The molecule has 0 saturated heterocycles. The Labute approximate surface area is 170 Å². The largest absolute Gasteiger partial charge is 0.386 e. The molecule has 1 N–H and O–H groups in total. The fraction of sp³-hybridized carbons (Fsp3) is 0. The van der Waals surface area contributed by atoms with Crippen molar-refractivity contribution < 1.29 is 34.3 Å². The molecule has 0 aliphatic heterocycles. The highest BCUT2D eigenvalue weighted by molar-refractivity contribution is 6.30. The third-order valence-electron chi connectivity index (χ3n) is 3.36. The molecule has 7 nitrogen and oxygen atoms in total. The molecule has 3 rings (SSSR count). The van der Waals surface area contributed by atoms with E-state index in [1.54, 1.807) is 72.8 Å². The van der Waals surface area contributed by atoms with E-state index >= 15 is 0 Å². The van der Waals surface area contributed by atoms with Gasteiger partial charge in [-0.25, -0.2) is 24.2 Å². The van der Waals surface area contributed by atoms with Gasteiger partial charge in [0.2, 0.25) is 0 Å². The van der Waals surface area contributed by atoms with Crippen molar-refractivity contribution in [2.24, 2.45) is 0 Å². The van der Waals surface area contributed by atoms with Crippen LogP contribution in [0.4, 0.5) is 0 Å². The Balaban J connectivity index is 0.000000234. The van der Waals surface area contributed by atoms with Gasteiger partial charge in [0.05, 0.1) is 16.7 Å². The summed E-state index contributed by atoms with van der Waals surface area (Å²) in [5.41, 5.74) is 0.858. The molecule has 0 heterocycles. The first kappa shape index (κ1) is 21.6. The van der Waals surface area contributed by atoms with E-state index in [0.29, 0.717) is 16.1 Å². The standard InChI is InChI=1S/C14H10O4.C7H5ClO3/c15-13(11-7-3-1-4-8-11)17-18-14(16)12-9-5-2-6-10-12;8-6-3-1-2-5(4-6)7(9)11-10/h1-10H;1-4,10H. The zero-order valence-corrected chi connectivity index (χ0v) is 15.6. The molecule has 0 atom stereocenters. The van der Waals surface area contributed by atoms with Crippen molar-refractivity contribution in [3.63, 3.8) is 0 Å². The van der Waals surface area contributed by atoms with Crippen molar-refractivity contribution in [2.45, 2.75) is 0 Å². The van der Waals surface area contributed by atoms with Gasteiger partial charge in [-0.15, -0.1) is 0 Å². The summed E-state index contributed by atoms with van der Waals surface area (Å²) >= 11 is 5.56. The van der Waals surface area contributed by atoms with E-state index in [9.17, 15) is 14.4 Å². The van der Waals surface area contributed by atoms with Gasteiger partial charge in [-0.2, -0.15) is 5.26 Å². The van der Waals surface area contributed by atoms with E-state index in [1.807, 2.05) is 0 Å². The van der Waals surface area contributed by atoms with Gasteiger partial charge in [0.15, 0.2) is 0 Å². The van der Waals surface area contributed by atoms with E-state index in [2.05, 4.69) is 14.7 Å². The van der Waals surface area contributed by atoms with Crippen LogP contribution in [-0.4, -0.2) is 23.2 Å². The number of rotatable bonds is 3. The molecule has 3 aromatic rings. The molecule has 0 aliphatic rings. The predicted octanol–water partition coefficient (Wildman–Crippen LogP) is 4.59. The van der Waals surface area contributed by atoms with Crippen LogP contribution in [0, 0.1) is 0 Å². The molecule has 0 aliphatic carbocycles. The first-order valence-electron chi connectivity index (χ1n) is 8.16. The fourth-order valence-corrected chi connectivity index (χ4v) is 2.18. The minimum Gasteiger partial charge on any atom is -0.296 e. The number of hydrogen-bond acceptors (Lipinski definition) is 7. The smallest absolute Gasteiger partial charge is 0.296 e. The van der Waals surface area contributed by atoms with Crippen LogP contribution in [0.3, 0.4) is 0 Å². The molecule has 0 amide bonds. The Morgan fingerprint density at radius 1 is 0.621 bits per heavy atom. The van der Waals surface area contributed by atoms with Crippen molar-refractivity contribution in [1.29, 1.82) is 0 Å². The van der Waals surface area contributed by atoms with Gasteiger partial charge in [-0.05, 0) is 42.5 Å². The third-order valence-corrected chi connectivity index (χ3v) is 3.59. The summed E-state index contributed by atoms with van der Waals surface area (Å²) in [6, 6.07) is 22.7. The summed E-state index contributed by atoms with van der Waals surface area (Å²) in [6.45, 7) is 0. The summed E-state index contributed by atoms with van der Waals surface area (Å²) in [7, 11) is 0. The van der Waals surface area contributed by atoms with E-state index in [4.69, 9.17) is 16.9 Å². The molecule has 0 unspecified atom stereocenters. The topological polar surface area (TPSA) is 99.1 Å². The van der Waals surface area contributed by atoms with Gasteiger partial charge in [0, 0.05) is 5.02 Å². The first-order valence-corrected chi connectivity index (χ1v) is 8.53. The lowest BCUT2D eigenvalue weighted by atomic mass is 10.2. The minimum absolute atomic E-state index is 0.222. The zero-order chi connectivity index (χ0) is 21.1. The van der Waals surface area contributed by atoms with Gasteiger partial charge < -0.3 is 0 Å². The number of carbonyl (C=O) groups is 3. The Kier molecular flexibility index (Phi) is 8.37. The van der Waals surface area contributed by atoms with E-state index in [-0.39, 0.29) is 5.56 Å². The average molecular weight is 415 g/mol. The molecule has 0 aromatic heterocycles. The normalized spacial score (nSPS) is 9.45. The molecule has 0 radical (unpaired) electrons. The van der Waals surface area contributed by atoms with Crippen molar-refractivity contribution in [3.05, 3.63) is 107 Å². The molecular formula is C21H15ClO7. The summed E-state index contributed by atoms with van der Waals surface area (Å²) in [6.07, 6.45) is 0. The van der Waals surface area contributed by atoms with Gasteiger partial charge in [-0.3, -0.25) is 4.89 Å². The van der Waals surface area contributed by atoms with Crippen LogP contribution in [0.2, 0.25) is 5.02 Å². The van der Waals surface area contributed by atoms with Gasteiger partial charge >= 0.3 is 17.9 Å². The van der Waals surface area contributed by atoms with Gasteiger partial charge in [0.1, 0.15) is 0 Å².